The van der Waals surface area contributed by atoms with Crippen LogP contribution in [0, 0.1) is 17.6 Å². The van der Waals surface area contributed by atoms with E-state index in [1.807, 2.05) is 11.8 Å². The summed E-state index contributed by atoms with van der Waals surface area (Å²) in [6.45, 7) is 6.23. The summed E-state index contributed by atoms with van der Waals surface area (Å²) in [6.07, 6.45) is 5.48. The highest BCUT2D eigenvalue weighted by Gasteiger charge is 2.23. The Morgan fingerprint density at radius 3 is 2.85 bits per heavy atom. The Morgan fingerprint density at radius 2 is 2.12 bits per heavy atom. The Morgan fingerprint density at radius 1 is 1.27 bits per heavy atom. The number of halogens is 2. The third-order valence-corrected chi connectivity index (χ3v) is 5.17. The molecule has 2 rings (SSSR count). The molecule has 1 unspecified atom stereocenters. The van der Waals surface area contributed by atoms with Gasteiger partial charge in [0.25, 0.3) is 0 Å². The van der Waals surface area contributed by atoms with Crippen LogP contribution in [0.4, 0.5) is 14.5 Å². The average molecular weight is 385 g/mol. The number of guanidine groups is 1. The lowest BCUT2D eigenvalue weighted by Gasteiger charge is -2.18. The topological polar surface area (TPSA) is 39.7 Å². The molecule has 0 saturated carbocycles. The molecule has 7 heteroatoms. The second-order valence-corrected chi connectivity index (χ2v) is 7.53. The Kier molecular flexibility index (Phi) is 9.01. The minimum Gasteiger partial charge on any atom is -0.371 e. The number of benzene rings is 1. The molecule has 0 radical (unpaired) electrons. The molecule has 0 spiro atoms. The van der Waals surface area contributed by atoms with Crippen LogP contribution in [0.3, 0.4) is 0 Å². The Balaban J connectivity index is 1.81. The highest BCUT2D eigenvalue weighted by Crippen LogP contribution is 2.25. The van der Waals surface area contributed by atoms with Gasteiger partial charge in [-0.15, -0.1) is 0 Å². The van der Waals surface area contributed by atoms with Gasteiger partial charge in [-0.3, -0.25) is 4.99 Å². The highest BCUT2D eigenvalue weighted by atomic mass is 32.2. The second-order valence-electron chi connectivity index (χ2n) is 6.55. The first-order valence-corrected chi connectivity index (χ1v) is 10.7. The van der Waals surface area contributed by atoms with Gasteiger partial charge in [-0.1, -0.05) is 0 Å². The van der Waals surface area contributed by atoms with Crippen LogP contribution in [0.25, 0.3) is 0 Å². The predicted octanol–water partition coefficient (Wildman–Crippen LogP) is 3.49. The zero-order chi connectivity index (χ0) is 18.8. The van der Waals surface area contributed by atoms with E-state index < -0.39 is 11.6 Å². The maximum atomic E-state index is 13.4. The van der Waals surface area contributed by atoms with Gasteiger partial charge in [0.2, 0.25) is 0 Å². The molecule has 1 aliphatic heterocycles. The minimum absolute atomic E-state index is 0.426. The number of thioether (sulfide) groups is 1. The summed E-state index contributed by atoms with van der Waals surface area (Å²) in [6, 6.07) is 4.12. The lowest BCUT2D eigenvalue weighted by Crippen LogP contribution is -2.38. The third-order valence-electron chi connectivity index (χ3n) is 4.47. The fraction of sp³-hybridized carbons (Fsp3) is 0.632. The maximum Gasteiger partial charge on any atom is 0.191 e. The van der Waals surface area contributed by atoms with E-state index in [0.29, 0.717) is 5.92 Å². The Labute approximate surface area is 159 Å². The zero-order valence-electron chi connectivity index (χ0n) is 15.7. The molecule has 0 aliphatic carbocycles. The molecule has 0 aromatic heterocycles. The minimum atomic E-state index is -0.798. The van der Waals surface area contributed by atoms with Gasteiger partial charge in [-0.25, -0.2) is 8.78 Å². The molecule has 1 fully saturated rings. The number of hydrogen-bond acceptors (Lipinski definition) is 3. The molecule has 1 atom stereocenters. The zero-order valence-corrected chi connectivity index (χ0v) is 16.5. The molecule has 0 bridgehead atoms. The van der Waals surface area contributed by atoms with Gasteiger partial charge in [-0.05, 0) is 56.2 Å². The van der Waals surface area contributed by atoms with E-state index in [2.05, 4.69) is 28.7 Å². The summed E-state index contributed by atoms with van der Waals surface area (Å²) >= 11 is 1.88. The largest absolute Gasteiger partial charge is 0.371 e. The van der Waals surface area contributed by atoms with Crippen LogP contribution in [-0.4, -0.2) is 50.7 Å². The SMILES string of the molecule is CCNC(=NCC1CCN(c2ccc(F)c(F)c2)C1)NCCCCSC. The molecule has 0 amide bonds. The van der Waals surface area contributed by atoms with E-state index in [-0.39, 0.29) is 0 Å². The van der Waals surface area contributed by atoms with Crippen molar-refractivity contribution in [1.29, 1.82) is 0 Å². The number of nitrogens with one attached hydrogen (secondary N) is 2. The van der Waals surface area contributed by atoms with Crippen molar-refractivity contribution in [2.75, 3.05) is 49.6 Å². The van der Waals surface area contributed by atoms with Crippen LogP contribution < -0.4 is 15.5 Å². The van der Waals surface area contributed by atoms with Crippen LogP contribution in [0.15, 0.2) is 23.2 Å². The van der Waals surface area contributed by atoms with Crippen molar-refractivity contribution in [3.05, 3.63) is 29.8 Å². The van der Waals surface area contributed by atoms with Crippen molar-refractivity contribution in [2.24, 2.45) is 10.9 Å². The molecule has 4 nitrogen and oxygen atoms in total. The fourth-order valence-electron chi connectivity index (χ4n) is 3.04. The summed E-state index contributed by atoms with van der Waals surface area (Å²) in [7, 11) is 0. The molecule has 26 heavy (non-hydrogen) atoms. The van der Waals surface area contributed by atoms with Gasteiger partial charge in [0.05, 0.1) is 0 Å². The molecule has 2 N–H and O–H groups in total. The average Bonchev–Trinajstić information content (AvgIpc) is 3.10. The molecular weight excluding hydrogens is 354 g/mol. The summed E-state index contributed by atoms with van der Waals surface area (Å²) in [5.74, 6) is 0.895. The van der Waals surface area contributed by atoms with Crippen molar-refractivity contribution in [3.8, 4) is 0 Å². The van der Waals surface area contributed by atoms with Crippen LogP contribution >= 0.6 is 11.8 Å². The van der Waals surface area contributed by atoms with Gasteiger partial charge in [-0.2, -0.15) is 11.8 Å². The molecule has 1 saturated heterocycles. The summed E-state index contributed by atoms with van der Waals surface area (Å²) in [5.41, 5.74) is 0.745. The first-order valence-electron chi connectivity index (χ1n) is 9.35. The lowest BCUT2D eigenvalue weighted by atomic mass is 10.1. The van der Waals surface area contributed by atoms with Crippen LogP contribution in [0.2, 0.25) is 0 Å². The highest BCUT2D eigenvalue weighted by molar-refractivity contribution is 7.98. The molecule has 1 heterocycles. The molecule has 1 aromatic rings. The van der Waals surface area contributed by atoms with Crippen molar-refractivity contribution in [3.63, 3.8) is 0 Å². The van der Waals surface area contributed by atoms with E-state index in [0.717, 1.165) is 57.2 Å². The van der Waals surface area contributed by atoms with Crippen LogP contribution in [0.1, 0.15) is 26.2 Å². The van der Waals surface area contributed by atoms with E-state index in [1.165, 1.54) is 24.3 Å². The van der Waals surface area contributed by atoms with Crippen molar-refractivity contribution in [2.45, 2.75) is 26.2 Å². The van der Waals surface area contributed by atoms with Crippen molar-refractivity contribution >= 4 is 23.4 Å². The monoisotopic (exact) mass is 384 g/mol. The van der Waals surface area contributed by atoms with Crippen LogP contribution in [0.5, 0.6) is 0 Å². The normalized spacial score (nSPS) is 17.6. The summed E-state index contributed by atoms with van der Waals surface area (Å²) < 4.78 is 26.5. The van der Waals surface area contributed by atoms with E-state index in [1.54, 1.807) is 6.07 Å². The quantitative estimate of drug-likeness (QED) is 0.388. The number of unbranched alkanes of at least 4 members (excludes halogenated alkanes) is 1. The Hall–Kier alpha value is -1.50. The molecule has 1 aromatic carbocycles. The first-order chi connectivity index (χ1) is 12.6. The first kappa shape index (κ1) is 20.8. The van der Waals surface area contributed by atoms with E-state index >= 15 is 0 Å². The van der Waals surface area contributed by atoms with Gasteiger partial charge < -0.3 is 15.5 Å². The predicted molar refractivity (Wildman–Crippen MR) is 108 cm³/mol. The van der Waals surface area contributed by atoms with Gasteiger partial charge in [0.1, 0.15) is 0 Å². The van der Waals surface area contributed by atoms with Gasteiger partial charge in [0, 0.05) is 44.5 Å². The number of nitrogens with zero attached hydrogens (tertiary/aromatic N) is 2. The smallest absolute Gasteiger partial charge is 0.191 e. The standard InChI is InChI=1S/C19H30F2N4S/c1-3-22-19(23-9-4-5-11-26-2)24-13-15-8-10-25(14-15)16-6-7-17(20)18(21)12-16/h6-7,12,15H,3-5,8-11,13-14H2,1-2H3,(H2,22,23,24). The third kappa shape index (κ3) is 6.67. The fourth-order valence-corrected chi connectivity index (χ4v) is 3.53. The van der Waals surface area contributed by atoms with Crippen molar-refractivity contribution in [1.82, 2.24) is 10.6 Å². The number of hydrogen-bond donors (Lipinski definition) is 2. The molecule has 1 aliphatic rings. The molecule has 146 valence electrons. The second kappa shape index (κ2) is 11.3. The maximum absolute atomic E-state index is 13.4. The molecular formula is C19H30F2N4S. The van der Waals surface area contributed by atoms with E-state index in [9.17, 15) is 8.78 Å². The van der Waals surface area contributed by atoms with Crippen LogP contribution in [-0.2, 0) is 0 Å². The van der Waals surface area contributed by atoms with Gasteiger partial charge >= 0.3 is 0 Å². The summed E-state index contributed by atoms with van der Waals surface area (Å²) in [4.78, 5) is 6.80. The Bertz CT molecular complexity index is 583. The number of aliphatic imine (C=N–C) groups is 1. The summed E-state index contributed by atoms with van der Waals surface area (Å²) in [5, 5.41) is 6.67. The number of anilines is 1. The van der Waals surface area contributed by atoms with Crippen molar-refractivity contribution < 1.29 is 8.78 Å². The van der Waals surface area contributed by atoms with E-state index in [4.69, 9.17) is 4.99 Å². The lowest BCUT2D eigenvalue weighted by molar-refractivity contribution is 0.508. The van der Waals surface area contributed by atoms with Gasteiger partial charge in [0.15, 0.2) is 17.6 Å². The number of rotatable bonds is 9.